The summed E-state index contributed by atoms with van der Waals surface area (Å²) in [5.41, 5.74) is 0.394. The molecule has 1 rings (SSSR count). The van der Waals surface area contributed by atoms with Crippen molar-refractivity contribution in [2.45, 2.75) is 12.5 Å². The third-order valence-corrected chi connectivity index (χ3v) is 3.86. The van der Waals surface area contributed by atoms with Crippen molar-refractivity contribution in [1.29, 1.82) is 0 Å². The molecule has 19 heavy (non-hydrogen) atoms. The van der Waals surface area contributed by atoms with E-state index in [9.17, 15) is 13.2 Å². The standard InChI is InChI=1S/C12H17NO5S/c1-18-8-5-9-19(16,17)13-11(12(14)15)10-6-3-2-4-7-10/h2-4,6-7,11,13H,5,8-9H2,1H3,(H,14,15). The zero-order chi connectivity index (χ0) is 14.3. The molecule has 0 saturated carbocycles. The van der Waals surface area contributed by atoms with Crippen LogP contribution in [0, 0.1) is 0 Å². The Balaban J connectivity index is 2.77. The van der Waals surface area contributed by atoms with Crippen LogP contribution < -0.4 is 4.72 Å². The van der Waals surface area contributed by atoms with Gasteiger partial charge in [-0.25, -0.2) is 8.42 Å². The lowest BCUT2D eigenvalue weighted by Gasteiger charge is -2.15. The topological polar surface area (TPSA) is 92.7 Å². The second kappa shape index (κ2) is 7.22. The van der Waals surface area contributed by atoms with Gasteiger partial charge in [-0.2, -0.15) is 4.72 Å². The molecule has 0 aliphatic carbocycles. The maximum absolute atomic E-state index is 11.8. The van der Waals surface area contributed by atoms with Gasteiger partial charge in [-0.1, -0.05) is 30.3 Å². The number of sulfonamides is 1. The van der Waals surface area contributed by atoms with E-state index in [1.165, 1.54) is 7.11 Å². The number of carbonyl (C=O) groups is 1. The molecule has 1 aromatic carbocycles. The summed E-state index contributed by atoms with van der Waals surface area (Å²) in [4.78, 5) is 11.2. The van der Waals surface area contributed by atoms with Crippen LogP contribution in [-0.4, -0.2) is 39.0 Å². The number of methoxy groups -OCH3 is 1. The van der Waals surface area contributed by atoms with E-state index in [0.29, 0.717) is 18.6 Å². The predicted octanol–water partition coefficient (Wildman–Crippen LogP) is 0.768. The monoisotopic (exact) mass is 287 g/mol. The second-order valence-corrected chi connectivity index (χ2v) is 5.84. The van der Waals surface area contributed by atoms with Crippen molar-refractivity contribution in [3.05, 3.63) is 35.9 Å². The molecule has 0 radical (unpaired) electrons. The molecule has 2 N–H and O–H groups in total. The summed E-state index contributed by atoms with van der Waals surface area (Å²) in [7, 11) is -2.18. The number of carboxylic acid groups (broad SMARTS) is 1. The van der Waals surface area contributed by atoms with E-state index in [-0.39, 0.29) is 5.75 Å². The normalized spacial score (nSPS) is 13.1. The minimum atomic E-state index is -3.66. The third-order valence-electron chi connectivity index (χ3n) is 2.44. The van der Waals surface area contributed by atoms with Crippen LogP contribution in [-0.2, 0) is 19.6 Å². The summed E-state index contributed by atoms with van der Waals surface area (Å²) >= 11 is 0. The fourth-order valence-corrected chi connectivity index (χ4v) is 2.75. The van der Waals surface area contributed by atoms with E-state index < -0.39 is 22.0 Å². The Morgan fingerprint density at radius 3 is 2.53 bits per heavy atom. The highest BCUT2D eigenvalue weighted by Crippen LogP contribution is 2.14. The first-order chi connectivity index (χ1) is 8.96. The van der Waals surface area contributed by atoms with Crippen molar-refractivity contribution in [2.75, 3.05) is 19.5 Å². The number of ether oxygens (including phenoxy) is 1. The van der Waals surface area contributed by atoms with Gasteiger partial charge in [-0.15, -0.1) is 0 Å². The summed E-state index contributed by atoms with van der Waals surface area (Å²) in [6.45, 7) is 0.310. The van der Waals surface area contributed by atoms with E-state index in [1.54, 1.807) is 30.3 Å². The zero-order valence-corrected chi connectivity index (χ0v) is 11.4. The lowest BCUT2D eigenvalue weighted by Crippen LogP contribution is -2.35. The quantitative estimate of drug-likeness (QED) is 0.689. The van der Waals surface area contributed by atoms with Crippen LogP contribution in [0.3, 0.4) is 0 Å². The molecule has 0 aliphatic heterocycles. The molecule has 7 heteroatoms. The minimum absolute atomic E-state index is 0.169. The molecule has 0 aromatic heterocycles. The van der Waals surface area contributed by atoms with Crippen molar-refractivity contribution in [3.8, 4) is 0 Å². The Kier molecular flexibility index (Phi) is 5.94. The molecule has 0 amide bonds. The first-order valence-electron chi connectivity index (χ1n) is 5.73. The zero-order valence-electron chi connectivity index (χ0n) is 10.6. The predicted molar refractivity (Wildman–Crippen MR) is 70.2 cm³/mol. The van der Waals surface area contributed by atoms with Crippen molar-refractivity contribution in [3.63, 3.8) is 0 Å². The first kappa shape index (κ1) is 15.6. The van der Waals surface area contributed by atoms with Crippen molar-refractivity contribution >= 4 is 16.0 Å². The van der Waals surface area contributed by atoms with Gasteiger partial charge in [0.1, 0.15) is 6.04 Å². The average Bonchev–Trinajstić information content (AvgIpc) is 2.37. The molecule has 0 spiro atoms. The number of rotatable bonds is 8. The third kappa shape index (κ3) is 5.37. The highest BCUT2D eigenvalue weighted by molar-refractivity contribution is 7.89. The average molecular weight is 287 g/mol. The molecule has 0 bridgehead atoms. The smallest absolute Gasteiger partial charge is 0.326 e. The highest BCUT2D eigenvalue weighted by atomic mass is 32.2. The number of aliphatic carboxylic acids is 1. The maximum atomic E-state index is 11.8. The molecule has 0 fully saturated rings. The van der Waals surface area contributed by atoms with Gasteiger partial charge >= 0.3 is 5.97 Å². The number of hydrogen-bond donors (Lipinski definition) is 2. The number of carboxylic acids is 1. The largest absolute Gasteiger partial charge is 0.480 e. The van der Waals surface area contributed by atoms with Crippen molar-refractivity contribution < 1.29 is 23.1 Å². The Labute approximate surface area is 112 Å². The Bertz CT molecular complexity index is 500. The molecular formula is C12H17NO5S. The second-order valence-electron chi connectivity index (χ2n) is 3.97. The number of hydrogen-bond acceptors (Lipinski definition) is 4. The van der Waals surface area contributed by atoms with Gasteiger partial charge < -0.3 is 9.84 Å². The van der Waals surface area contributed by atoms with E-state index >= 15 is 0 Å². The van der Waals surface area contributed by atoms with Gasteiger partial charge in [0.2, 0.25) is 10.0 Å². The molecule has 1 atom stereocenters. The van der Waals surface area contributed by atoms with Crippen LogP contribution >= 0.6 is 0 Å². The van der Waals surface area contributed by atoms with Crippen LogP contribution in [0.5, 0.6) is 0 Å². The van der Waals surface area contributed by atoms with E-state index in [1.807, 2.05) is 0 Å². The number of nitrogens with one attached hydrogen (secondary N) is 1. The van der Waals surface area contributed by atoms with Gasteiger partial charge in [-0.05, 0) is 12.0 Å². The van der Waals surface area contributed by atoms with Gasteiger partial charge in [-0.3, -0.25) is 4.79 Å². The molecule has 0 heterocycles. The fraction of sp³-hybridized carbons (Fsp3) is 0.417. The summed E-state index contributed by atoms with van der Waals surface area (Å²) in [5.74, 6) is -1.40. The van der Waals surface area contributed by atoms with Gasteiger partial charge in [0.05, 0.1) is 5.75 Å². The SMILES string of the molecule is COCCCS(=O)(=O)NC(C(=O)O)c1ccccc1. The van der Waals surface area contributed by atoms with Crippen molar-refractivity contribution in [2.24, 2.45) is 0 Å². The molecule has 1 aromatic rings. The van der Waals surface area contributed by atoms with Gasteiger partial charge in [0, 0.05) is 13.7 Å². The lowest BCUT2D eigenvalue weighted by molar-refractivity contribution is -0.139. The highest BCUT2D eigenvalue weighted by Gasteiger charge is 2.25. The Hall–Kier alpha value is -1.44. The summed E-state index contributed by atoms with van der Waals surface area (Å²) in [5, 5.41) is 9.11. The summed E-state index contributed by atoms with van der Waals surface area (Å²) < 4.78 is 30.5. The number of benzene rings is 1. The molecule has 1 unspecified atom stereocenters. The fourth-order valence-electron chi connectivity index (χ4n) is 1.54. The van der Waals surface area contributed by atoms with E-state index in [4.69, 9.17) is 9.84 Å². The van der Waals surface area contributed by atoms with Gasteiger partial charge in [0.15, 0.2) is 0 Å². The lowest BCUT2D eigenvalue weighted by atomic mass is 10.1. The first-order valence-corrected chi connectivity index (χ1v) is 7.38. The van der Waals surface area contributed by atoms with Crippen LogP contribution in [0.2, 0.25) is 0 Å². The molecule has 106 valence electrons. The molecular weight excluding hydrogens is 270 g/mol. The Morgan fingerprint density at radius 1 is 1.37 bits per heavy atom. The summed E-state index contributed by atoms with van der Waals surface area (Å²) in [6, 6.07) is 6.91. The van der Waals surface area contributed by atoms with Crippen LogP contribution in [0.15, 0.2) is 30.3 Å². The Morgan fingerprint density at radius 2 is 2.00 bits per heavy atom. The van der Waals surface area contributed by atoms with E-state index in [0.717, 1.165) is 0 Å². The molecule has 0 saturated heterocycles. The van der Waals surface area contributed by atoms with Crippen LogP contribution in [0.1, 0.15) is 18.0 Å². The van der Waals surface area contributed by atoms with Gasteiger partial charge in [0.25, 0.3) is 0 Å². The van der Waals surface area contributed by atoms with E-state index in [2.05, 4.69) is 4.72 Å². The maximum Gasteiger partial charge on any atom is 0.326 e. The molecule has 0 aliphatic rings. The summed E-state index contributed by atoms with van der Waals surface area (Å²) in [6.07, 6.45) is 0.312. The van der Waals surface area contributed by atoms with Crippen molar-refractivity contribution in [1.82, 2.24) is 4.72 Å². The van der Waals surface area contributed by atoms with Crippen LogP contribution in [0.4, 0.5) is 0 Å². The van der Waals surface area contributed by atoms with Crippen LogP contribution in [0.25, 0.3) is 0 Å². The minimum Gasteiger partial charge on any atom is -0.480 e. The molecule has 6 nitrogen and oxygen atoms in total.